The largest absolute Gasteiger partial charge is 0.492 e. The third-order valence-electron chi connectivity index (χ3n) is 7.06. The first-order chi connectivity index (χ1) is 19.0. The zero-order chi connectivity index (χ0) is 27.7. The Balaban J connectivity index is 1.30. The van der Waals surface area contributed by atoms with Gasteiger partial charge in [0, 0.05) is 18.4 Å². The number of hydrogen-bond acceptors (Lipinski definition) is 4. The van der Waals surface area contributed by atoms with Crippen molar-refractivity contribution >= 4 is 35.0 Å². The number of carbonyl (C=O) groups excluding carboxylic acids is 1. The first kappa shape index (κ1) is 31.4. The fourth-order valence-electron chi connectivity index (χ4n) is 4.82. The lowest BCUT2D eigenvalue weighted by Crippen LogP contribution is -2.15. The molecule has 0 bridgehead atoms. The van der Waals surface area contributed by atoms with Crippen LogP contribution in [0.15, 0.2) is 53.6 Å². The second-order valence-corrected chi connectivity index (χ2v) is 12.3. The number of nitrogens with one attached hydrogen (secondary N) is 1. The van der Waals surface area contributed by atoms with Crippen molar-refractivity contribution in [2.45, 2.75) is 104 Å². The number of hydrogen-bond donors (Lipinski definition) is 1. The Hall–Kier alpha value is -2.11. The summed E-state index contributed by atoms with van der Waals surface area (Å²) in [6.45, 7) is 5.95. The van der Waals surface area contributed by atoms with Gasteiger partial charge in [0.2, 0.25) is 5.91 Å². The minimum Gasteiger partial charge on any atom is -0.492 e. The van der Waals surface area contributed by atoms with Gasteiger partial charge in [-0.1, -0.05) is 107 Å². The minimum atomic E-state index is -0.0496. The molecule has 0 aliphatic carbocycles. The van der Waals surface area contributed by atoms with Gasteiger partial charge in [-0.15, -0.1) is 11.8 Å². The molecule has 4 nitrogen and oxygen atoms in total. The molecular weight excluding hydrogens is 524 g/mol. The van der Waals surface area contributed by atoms with E-state index in [0.717, 1.165) is 30.1 Å². The molecule has 1 aliphatic rings. The van der Waals surface area contributed by atoms with Crippen LogP contribution in [0, 0.1) is 0 Å². The highest BCUT2D eigenvalue weighted by Crippen LogP contribution is 2.27. The maximum atomic E-state index is 12.7. The molecule has 6 heteroatoms. The highest BCUT2D eigenvalue weighted by atomic mass is 35.5. The number of carbonyl (C=O) groups is 1. The molecule has 0 atom stereocenters. The van der Waals surface area contributed by atoms with E-state index in [1.54, 1.807) is 0 Å². The summed E-state index contributed by atoms with van der Waals surface area (Å²) in [5.74, 6) is 1.61. The van der Waals surface area contributed by atoms with Crippen LogP contribution in [-0.2, 0) is 17.8 Å². The van der Waals surface area contributed by atoms with Crippen LogP contribution >= 0.6 is 23.4 Å². The van der Waals surface area contributed by atoms with Crippen LogP contribution in [0.1, 0.15) is 102 Å². The molecule has 1 amide bonds. The van der Waals surface area contributed by atoms with Crippen molar-refractivity contribution in [3.05, 3.63) is 69.7 Å². The van der Waals surface area contributed by atoms with Gasteiger partial charge in [-0.2, -0.15) is 0 Å². The van der Waals surface area contributed by atoms with Gasteiger partial charge in [0.25, 0.3) is 0 Å². The molecule has 0 saturated heterocycles. The zero-order valence-electron chi connectivity index (χ0n) is 24.0. The van der Waals surface area contributed by atoms with E-state index < -0.39 is 0 Å². The fourth-order valence-corrected chi connectivity index (χ4v) is 5.75. The second-order valence-electron chi connectivity index (χ2n) is 10.7. The first-order valence-electron chi connectivity index (χ1n) is 14.9. The summed E-state index contributed by atoms with van der Waals surface area (Å²) in [6.07, 6.45) is 18.3. The van der Waals surface area contributed by atoms with Gasteiger partial charge in [0.15, 0.2) is 0 Å². The van der Waals surface area contributed by atoms with Crippen molar-refractivity contribution in [2.75, 3.05) is 17.8 Å². The maximum Gasteiger partial charge on any atom is 0.228 e. The maximum absolute atomic E-state index is 12.7. The normalized spacial score (nSPS) is 13.0. The number of unbranched alkanes of at least 4 members (excludes halogenated alkanes) is 11. The van der Waals surface area contributed by atoms with Crippen molar-refractivity contribution in [3.8, 4) is 5.75 Å². The lowest BCUT2D eigenvalue weighted by molar-refractivity contribution is -0.115. The quantitative estimate of drug-likeness (QED) is 0.171. The Morgan fingerprint density at radius 3 is 2.13 bits per heavy atom. The molecule has 0 spiro atoms. The summed E-state index contributed by atoms with van der Waals surface area (Å²) >= 11 is 8.23. The Morgan fingerprint density at radius 1 is 0.897 bits per heavy atom. The molecule has 214 valence electrons. The monoisotopic (exact) mass is 570 g/mol. The molecule has 0 saturated carbocycles. The number of thioether (sulfide) groups is 1. The van der Waals surface area contributed by atoms with E-state index in [1.807, 2.05) is 42.1 Å². The van der Waals surface area contributed by atoms with Crippen LogP contribution in [0.25, 0.3) is 0 Å². The molecule has 2 aromatic rings. The number of nitrogens with zero attached hydrogens (tertiary/aromatic N) is 1. The average molecular weight is 571 g/mol. The van der Waals surface area contributed by atoms with Gasteiger partial charge in [0.05, 0.1) is 23.9 Å². The summed E-state index contributed by atoms with van der Waals surface area (Å²) < 4.78 is 5.97. The number of ether oxygens (including phenoxy) is 1. The first-order valence-corrected chi connectivity index (χ1v) is 16.2. The smallest absolute Gasteiger partial charge is 0.228 e. The molecule has 3 rings (SSSR count). The topological polar surface area (TPSA) is 41.6 Å². The third-order valence-corrected chi connectivity index (χ3v) is 8.40. The Morgan fingerprint density at radius 2 is 1.51 bits per heavy atom. The molecule has 0 unspecified atom stereocenters. The summed E-state index contributed by atoms with van der Waals surface area (Å²) in [7, 11) is 0. The number of halogens is 1. The number of amides is 1. The Labute approximate surface area is 245 Å². The van der Waals surface area contributed by atoms with E-state index >= 15 is 0 Å². The van der Waals surface area contributed by atoms with E-state index in [9.17, 15) is 4.79 Å². The average Bonchev–Trinajstić information content (AvgIpc) is 3.33. The van der Waals surface area contributed by atoms with Crippen LogP contribution in [0.4, 0.5) is 5.69 Å². The summed E-state index contributed by atoms with van der Waals surface area (Å²) in [5, 5.41) is 3.60. The lowest BCUT2D eigenvalue weighted by atomic mass is 10.1. The van der Waals surface area contributed by atoms with Gasteiger partial charge < -0.3 is 15.0 Å². The second kappa shape index (κ2) is 18.3. The zero-order valence-corrected chi connectivity index (χ0v) is 25.6. The number of benzene rings is 2. The van der Waals surface area contributed by atoms with Gasteiger partial charge in [-0.05, 0) is 53.6 Å². The van der Waals surface area contributed by atoms with Crippen molar-refractivity contribution in [1.29, 1.82) is 0 Å². The number of allylic oxidation sites excluding steroid dienone is 1. The van der Waals surface area contributed by atoms with E-state index in [4.69, 9.17) is 16.3 Å². The molecular formula is C33H47ClN2O2S. The van der Waals surface area contributed by atoms with Gasteiger partial charge in [-0.25, -0.2) is 0 Å². The van der Waals surface area contributed by atoms with Gasteiger partial charge in [-0.3, -0.25) is 4.79 Å². The summed E-state index contributed by atoms with van der Waals surface area (Å²) in [6, 6.07) is 13.7. The Bertz CT molecular complexity index is 1020. The van der Waals surface area contributed by atoms with Crippen LogP contribution in [0.2, 0.25) is 5.02 Å². The van der Waals surface area contributed by atoms with E-state index in [1.165, 1.54) is 81.1 Å². The van der Waals surface area contributed by atoms with Crippen LogP contribution in [0.5, 0.6) is 5.75 Å². The van der Waals surface area contributed by atoms with Crippen LogP contribution in [-0.4, -0.2) is 23.3 Å². The lowest BCUT2D eigenvalue weighted by Gasteiger charge is -2.15. The molecule has 0 fully saturated rings. The predicted molar refractivity (Wildman–Crippen MR) is 169 cm³/mol. The molecule has 1 aliphatic heterocycles. The molecule has 1 N–H and O–H groups in total. The van der Waals surface area contributed by atoms with Crippen molar-refractivity contribution in [1.82, 2.24) is 4.90 Å². The predicted octanol–water partition coefficient (Wildman–Crippen LogP) is 9.97. The summed E-state index contributed by atoms with van der Waals surface area (Å²) in [4.78, 5) is 16.3. The molecule has 1 heterocycles. The number of anilines is 1. The van der Waals surface area contributed by atoms with Crippen molar-refractivity contribution in [3.63, 3.8) is 0 Å². The van der Waals surface area contributed by atoms with Crippen molar-refractivity contribution < 1.29 is 9.53 Å². The fraction of sp³-hybridized carbons (Fsp3) is 0.545. The molecule has 39 heavy (non-hydrogen) atoms. The SMILES string of the molecule is CCCCCCCCCCCCCCOc1cc(CC(=O)Nc2ccc(CN3C=C(C)SC3)cc2)ccc1Cl. The standard InChI is InChI=1S/C33H47ClN2O2S/c1-3-4-5-6-7-8-9-10-11-12-13-14-21-38-32-22-29(17-20-31(32)34)23-33(37)35-30-18-15-28(16-19-30)25-36-24-27(2)39-26-36/h15-20,22,24H,3-14,21,23,25-26H2,1-2H3,(H,35,37). The molecule has 2 aromatic carbocycles. The highest BCUT2D eigenvalue weighted by molar-refractivity contribution is 8.03. The van der Waals surface area contributed by atoms with Gasteiger partial charge in [0.1, 0.15) is 5.75 Å². The van der Waals surface area contributed by atoms with E-state index in [0.29, 0.717) is 17.4 Å². The Kier molecular flexibility index (Phi) is 14.7. The number of rotatable bonds is 19. The summed E-state index contributed by atoms with van der Waals surface area (Å²) in [5.41, 5.74) is 2.93. The molecule has 0 aromatic heterocycles. The van der Waals surface area contributed by atoms with E-state index in [-0.39, 0.29) is 12.3 Å². The van der Waals surface area contributed by atoms with Crippen molar-refractivity contribution in [2.24, 2.45) is 0 Å². The minimum absolute atomic E-state index is 0.0496. The van der Waals surface area contributed by atoms with E-state index in [2.05, 4.69) is 42.4 Å². The van der Waals surface area contributed by atoms with Gasteiger partial charge >= 0.3 is 0 Å². The van der Waals surface area contributed by atoms with Crippen LogP contribution < -0.4 is 10.1 Å². The van der Waals surface area contributed by atoms with Crippen LogP contribution in [0.3, 0.4) is 0 Å². The highest BCUT2D eigenvalue weighted by Gasteiger charge is 2.11. The third kappa shape index (κ3) is 12.7. The molecule has 0 radical (unpaired) electrons.